The molecular formula is C14H18N6O. The van der Waals surface area contributed by atoms with Crippen molar-refractivity contribution < 1.29 is 4.79 Å². The molecule has 2 N–H and O–H groups in total. The van der Waals surface area contributed by atoms with Crippen LogP contribution in [0.4, 0.5) is 11.4 Å². The zero-order valence-corrected chi connectivity index (χ0v) is 11.7. The van der Waals surface area contributed by atoms with Gasteiger partial charge < -0.3 is 15.5 Å². The third-order valence-electron chi connectivity index (χ3n) is 3.41. The molecule has 1 fully saturated rings. The minimum Gasteiger partial charge on any atom is -0.369 e. The maximum Gasteiger partial charge on any atom is 0.246 e. The Kier molecular flexibility index (Phi) is 4.11. The lowest BCUT2D eigenvalue weighted by atomic mass is 10.2. The number of carbonyl (C=O) groups is 1. The van der Waals surface area contributed by atoms with Gasteiger partial charge in [0.15, 0.2) is 0 Å². The van der Waals surface area contributed by atoms with Crippen LogP contribution in [0.2, 0.25) is 0 Å². The normalized spacial score (nSPS) is 15.0. The van der Waals surface area contributed by atoms with Gasteiger partial charge in [-0.05, 0) is 24.3 Å². The Labute approximate surface area is 122 Å². The van der Waals surface area contributed by atoms with Crippen LogP contribution in [0.25, 0.3) is 0 Å². The monoisotopic (exact) mass is 286 g/mol. The lowest BCUT2D eigenvalue weighted by Gasteiger charge is -2.29. The molecule has 0 bridgehead atoms. The van der Waals surface area contributed by atoms with Crippen LogP contribution < -0.4 is 15.5 Å². The summed E-state index contributed by atoms with van der Waals surface area (Å²) in [5, 5.41) is 13.6. The number of benzene rings is 1. The standard InChI is InChI=1S/C14H18N6O/c21-14(11-20-10-7-16-18-20)17-12-1-3-13(4-2-12)19-8-5-15-6-9-19/h1-4,7,10,15H,5-6,8-9,11H2,(H,17,21). The zero-order valence-electron chi connectivity index (χ0n) is 11.7. The molecule has 1 aliphatic rings. The molecule has 0 radical (unpaired) electrons. The summed E-state index contributed by atoms with van der Waals surface area (Å²) in [7, 11) is 0. The van der Waals surface area contributed by atoms with Crippen LogP contribution in [0.15, 0.2) is 36.7 Å². The first kappa shape index (κ1) is 13.6. The van der Waals surface area contributed by atoms with Crippen LogP contribution in [0.5, 0.6) is 0 Å². The minimum atomic E-state index is -0.115. The first-order chi connectivity index (χ1) is 10.3. The van der Waals surface area contributed by atoms with Gasteiger partial charge in [-0.3, -0.25) is 4.79 Å². The highest BCUT2D eigenvalue weighted by atomic mass is 16.2. The number of aromatic nitrogens is 3. The lowest BCUT2D eigenvalue weighted by molar-refractivity contribution is -0.116. The summed E-state index contributed by atoms with van der Waals surface area (Å²) >= 11 is 0. The van der Waals surface area contributed by atoms with Gasteiger partial charge in [-0.2, -0.15) is 0 Å². The second-order valence-corrected chi connectivity index (χ2v) is 4.93. The second-order valence-electron chi connectivity index (χ2n) is 4.93. The van der Waals surface area contributed by atoms with Gasteiger partial charge in [0.05, 0.1) is 6.20 Å². The number of piperazine rings is 1. The summed E-state index contributed by atoms with van der Waals surface area (Å²) < 4.78 is 1.49. The summed E-state index contributed by atoms with van der Waals surface area (Å²) in [5.41, 5.74) is 1.98. The van der Waals surface area contributed by atoms with E-state index in [-0.39, 0.29) is 12.5 Å². The molecule has 0 spiro atoms. The summed E-state index contributed by atoms with van der Waals surface area (Å²) in [6.45, 7) is 4.21. The summed E-state index contributed by atoms with van der Waals surface area (Å²) in [6, 6.07) is 7.93. The Bertz CT molecular complexity index is 574. The van der Waals surface area contributed by atoms with E-state index in [1.807, 2.05) is 24.3 Å². The molecule has 2 heterocycles. The molecular weight excluding hydrogens is 268 g/mol. The molecule has 7 heteroatoms. The predicted octanol–water partition coefficient (Wildman–Crippen LogP) is 0.326. The van der Waals surface area contributed by atoms with Crippen molar-refractivity contribution in [1.29, 1.82) is 0 Å². The van der Waals surface area contributed by atoms with E-state index >= 15 is 0 Å². The van der Waals surface area contributed by atoms with Gasteiger partial charge in [0.1, 0.15) is 6.54 Å². The maximum absolute atomic E-state index is 11.8. The molecule has 1 aliphatic heterocycles. The van der Waals surface area contributed by atoms with Gasteiger partial charge in [0.2, 0.25) is 5.91 Å². The Morgan fingerprint density at radius 1 is 1.24 bits per heavy atom. The second kappa shape index (κ2) is 6.36. The Balaban J connectivity index is 1.57. The smallest absolute Gasteiger partial charge is 0.246 e. The molecule has 2 aromatic rings. The maximum atomic E-state index is 11.8. The highest BCUT2D eigenvalue weighted by Crippen LogP contribution is 2.18. The first-order valence-corrected chi connectivity index (χ1v) is 7.01. The van der Waals surface area contributed by atoms with Crippen molar-refractivity contribution in [3.63, 3.8) is 0 Å². The van der Waals surface area contributed by atoms with Gasteiger partial charge in [0.25, 0.3) is 0 Å². The molecule has 0 saturated carbocycles. The fourth-order valence-electron chi connectivity index (χ4n) is 2.34. The van der Waals surface area contributed by atoms with Crippen molar-refractivity contribution in [3.8, 4) is 0 Å². The van der Waals surface area contributed by atoms with Gasteiger partial charge in [-0.1, -0.05) is 5.21 Å². The molecule has 21 heavy (non-hydrogen) atoms. The number of carbonyl (C=O) groups excluding carboxylic acids is 1. The topological polar surface area (TPSA) is 75.1 Å². The number of nitrogens with one attached hydrogen (secondary N) is 2. The molecule has 1 amide bonds. The van der Waals surface area contributed by atoms with E-state index in [9.17, 15) is 4.79 Å². The molecule has 0 atom stereocenters. The van der Waals surface area contributed by atoms with Crippen LogP contribution in [0.3, 0.4) is 0 Å². The molecule has 0 unspecified atom stereocenters. The van der Waals surface area contributed by atoms with Crippen LogP contribution in [-0.4, -0.2) is 47.1 Å². The van der Waals surface area contributed by atoms with Crippen molar-refractivity contribution in [3.05, 3.63) is 36.7 Å². The largest absolute Gasteiger partial charge is 0.369 e. The van der Waals surface area contributed by atoms with Gasteiger partial charge >= 0.3 is 0 Å². The molecule has 7 nitrogen and oxygen atoms in total. The molecule has 0 aliphatic carbocycles. The predicted molar refractivity (Wildman–Crippen MR) is 80.2 cm³/mol. The minimum absolute atomic E-state index is 0.115. The van der Waals surface area contributed by atoms with E-state index in [0.29, 0.717) is 0 Å². The third-order valence-corrected chi connectivity index (χ3v) is 3.41. The van der Waals surface area contributed by atoms with E-state index in [1.54, 1.807) is 12.4 Å². The average Bonchev–Trinajstić information content (AvgIpc) is 3.02. The highest BCUT2D eigenvalue weighted by molar-refractivity contribution is 5.90. The zero-order chi connectivity index (χ0) is 14.5. The molecule has 1 aromatic heterocycles. The fourth-order valence-corrected chi connectivity index (χ4v) is 2.34. The van der Waals surface area contributed by atoms with Crippen LogP contribution in [-0.2, 0) is 11.3 Å². The SMILES string of the molecule is O=C(Cn1ccnn1)Nc1ccc(N2CCNCC2)cc1. The summed E-state index contributed by atoms with van der Waals surface area (Å²) in [6.07, 6.45) is 3.21. The lowest BCUT2D eigenvalue weighted by Crippen LogP contribution is -2.43. The van der Waals surface area contributed by atoms with E-state index < -0.39 is 0 Å². The van der Waals surface area contributed by atoms with Crippen molar-refractivity contribution >= 4 is 17.3 Å². The van der Waals surface area contributed by atoms with E-state index in [2.05, 4.69) is 25.8 Å². The van der Waals surface area contributed by atoms with Gasteiger partial charge in [-0.25, -0.2) is 4.68 Å². The number of hydrogen-bond donors (Lipinski definition) is 2. The van der Waals surface area contributed by atoms with Crippen molar-refractivity contribution in [2.45, 2.75) is 6.54 Å². The molecule has 110 valence electrons. The summed E-state index contributed by atoms with van der Waals surface area (Å²) in [4.78, 5) is 14.2. The fraction of sp³-hybridized carbons (Fsp3) is 0.357. The number of amides is 1. The molecule has 3 rings (SSSR count). The average molecular weight is 286 g/mol. The van der Waals surface area contributed by atoms with E-state index in [0.717, 1.165) is 31.9 Å². The van der Waals surface area contributed by atoms with E-state index in [1.165, 1.54) is 10.4 Å². The first-order valence-electron chi connectivity index (χ1n) is 7.01. The van der Waals surface area contributed by atoms with Crippen molar-refractivity contribution in [2.24, 2.45) is 0 Å². The molecule has 1 aromatic carbocycles. The van der Waals surface area contributed by atoms with Gasteiger partial charge in [0, 0.05) is 43.8 Å². The Morgan fingerprint density at radius 3 is 2.67 bits per heavy atom. The Morgan fingerprint density at radius 2 is 2.00 bits per heavy atom. The number of hydrogen-bond acceptors (Lipinski definition) is 5. The van der Waals surface area contributed by atoms with Crippen molar-refractivity contribution in [1.82, 2.24) is 20.3 Å². The van der Waals surface area contributed by atoms with Gasteiger partial charge in [-0.15, -0.1) is 5.10 Å². The Hall–Kier alpha value is -2.41. The van der Waals surface area contributed by atoms with Crippen LogP contribution >= 0.6 is 0 Å². The van der Waals surface area contributed by atoms with Crippen LogP contribution in [0.1, 0.15) is 0 Å². The van der Waals surface area contributed by atoms with E-state index in [4.69, 9.17) is 0 Å². The number of rotatable bonds is 4. The summed E-state index contributed by atoms with van der Waals surface area (Å²) in [5.74, 6) is -0.115. The molecule has 1 saturated heterocycles. The quantitative estimate of drug-likeness (QED) is 0.847. The number of nitrogens with zero attached hydrogens (tertiary/aromatic N) is 4. The highest BCUT2D eigenvalue weighted by Gasteiger charge is 2.10. The third kappa shape index (κ3) is 3.57. The number of anilines is 2. The van der Waals surface area contributed by atoms with Crippen LogP contribution in [0, 0.1) is 0 Å². The van der Waals surface area contributed by atoms with Crippen molar-refractivity contribution in [2.75, 3.05) is 36.4 Å².